The predicted octanol–water partition coefficient (Wildman–Crippen LogP) is 4.64. The summed E-state index contributed by atoms with van der Waals surface area (Å²) in [6, 6.07) is 23.7. The first-order valence-electron chi connectivity index (χ1n) is 10.8. The van der Waals surface area contributed by atoms with Gasteiger partial charge >= 0.3 is 0 Å². The lowest BCUT2D eigenvalue weighted by Gasteiger charge is -2.37. The van der Waals surface area contributed by atoms with Crippen molar-refractivity contribution in [1.82, 2.24) is 9.80 Å². The van der Waals surface area contributed by atoms with Crippen LogP contribution in [0.5, 0.6) is 0 Å². The molecule has 0 aromatic heterocycles. The molecule has 0 saturated carbocycles. The zero-order valence-electron chi connectivity index (χ0n) is 16.9. The Kier molecular flexibility index (Phi) is 5.07. The lowest BCUT2D eigenvalue weighted by atomic mass is 9.93. The Labute approximate surface area is 172 Å². The lowest BCUT2D eigenvalue weighted by Crippen LogP contribution is -2.46. The molecular formula is C26H28N2O. The minimum atomic E-state index is 0.129. The van der Waals surface area contributed by atoms with Gasteiger partial charge in [-0.25, -0.2) is 0 Å². The topological polar surface area (TPSA) is 23.6 Å². The summed E-state index contributed by atoms with van der Waals surface area (Å²) in [7, 11) is 0. The van der Waals surface area contributed by atoms with Gasteiger partial charge in [0, 0.05) is 26.2 Å². The molecule has 3 aromatic carbocycles. The van der Waals surface area contributed by atoms with E-state index in [-0.39, 0.29) is 5.92 Å². The van der Waals surface area contributed by atoms with Crippen LogP contribution in [-0.2, 0) is 24.3 Å². The van der Waals surface area contributed by atoms with E-state index in [4.69, 9.17) is 0 Å². The third-order valence-electron chi connectivity index (χ3n) is 6.57. The maximum atomic E-state index is 13.3. The molecule has 29 heavy (non-hydrogen) atoms. The zero-order chi connectivity index (χ0) is 19.6. The number of carbonyl (C=O) groups excluding carboxylic acids is 1. The molecule has 2 heterocycles. The van der Waals surface area contributed by atoms with Gasteiger partial charge < -0.3 is 4.90 Å². The van der Waals surface area contributed by atoms with Crippen LogP contribution in [0.15, 0.2) is 66.7 Å². The van der Waals surface area contributed by atoms with Gasteiger partial charge in [0.1, 0.15) is 0 Å². The van der Waals surface area contributed by atoms with Crippen LogP contribution in [0.1, 0.15) is 29.5 Å². The molecule has 148 valence electrons. The molecule has 3 aromatic rings. The van der Waals surface area contributed by atoms with Crippen molar-refractivity contribution >= 4 is 16.7 Å². The Bertz CT molecular complexity index is 1020. The minimum absolute atomic E-state index is 0.129. The van der Waals surface area contributed by atoms with E-state index in [9.17, 15) is 4.79 Å². The first-order valence-corrected chi connectivity index (χ1v) is 10.8. The molecule has 2 aliphatic heterocycles. The van der Waals surface area contributed by atoms with Crippen molar-refractivity contribution in [3.63, 3.8) is 0 Å². The molecule has 3 nitrogen and oxygen atoms in total. The molecule has 0 aliphatic carbocycles. The van der Waals surface area contributed by atoms with Crippen LogP contribution in [0.4, 0.5) is 0 Å². The number of benzene rings is 3. The normalized spacial score (nSPS) is 19.9. The van der Waals surface area contributed by atoms with E-state index in [0.717, 1.165) is 52.0 Å². The highest BCUT2D eigenvalue weighted by Gasteiger charge is 2.31. The Hall–Kier alpha value is -2.65. The third kappa shape index (κ3) is 3.79. The first-order chi connectivity index (χ1) is 14.3. The van der Waals surface area contributed by atoms with Crippen molar-refractivity contribution in [2.75, 3.05) is 19.6 Å². The zero-order valence-corrected chi connectivity index (χ0v) is 16.9. The summed E-state index contributed by atoms with van der Waals surface area (Å²) in [5.41, 5.74) is 4.08. The van der Waals surface area contributed by atoms with Gasteiger partial charge in [0.2, 0.25) is 5.91 Å². The number of hydrogen-bond donors (Lipinski definition) is 0. The average molecular weight is 385 g/mol. The fourth-order valence-electron chi connectivity index (χ4n) is 5.01. The number of hydrogen-bond acceptors (Lipinski definition) is 2. The van der Waals surface area contributed by atoms with Gasteiger partial charge in [-0.05, 0) is 53.3 Å². The standard InChI is InChI=1S/C26H28N2O/c29-26(28-16-14-20-7-1-2-9-22(20)19-28)24-12-6-15-27(18-24)17-23-11-5-10-21-8-3-4-13-25(21)23/h1-5,7-11,13,24H,6,12,14-19H2/t24-/m1/s1. The SMILES string of the molecule is O=C([C@@H]1CCCN(Cc2cccc3ccccc23)C1)N1CCc2ccccc2C1. The van der Waals surface area contributed by atoms with Gasteiger partial charge in [-0.1, -0.05) is 66.7 Å². The summed E-state index contributed by atoms with van der Waals surface area (Å²) in [6.45, 7) is 4.51. The van der Waals surface area contributed by atoms with Crippen molar-refractivity contribution in [2.24, 2.45) is 5.92 Å². The van der Waals surface area contributed by atoms with Crippen molar-refractivity contribution in [3.8, 4) is 0 Å². The summed E-state index contributed by atoms with van der Waals surface area (Å²) in [5, 5.41) is 2.62. The van der Waals surface area contributed by atoms with Crippen molar-refractivity contribution < 1.29 is 4.79 Å². The van der Waals surface area contributed by atoms with E-state index in [0.29, 0.717) is 5.91 Å². The second-order valence-corrected chi connectivity index (χ2v) is 8.49. The average Bonchev–Trinajstić information content (AvgIpc) is 2.79. The van der Waals surface area contributed by atoms with Gasteiger partial charge in [0.25, 0.3) is 0 Å². The van der Waals surface area contributed by atoms with Crippen LogP contribution in [0, 0.1) is 5.92 Å². The molecule has 1 fully saturated rings. The number of rotatable bonds is 3. The Balaban J connectivity index is 1.28. The second-order valence-electron chi connectivity index (χ2n) is 8.49. The monoisotopic (exact) mass is 384 g/mol. The van der Waals surface area contributed by atoms with Crippen LogP contribution in [-0.4, -0.2) is 35.3 Å². The van der Waals surface area contributed by atoms with Crippen LogP contribution in [0.2, 0.25) is 0 Å². The van der Waals surface area contributed by atoms with E-state index < -0.39 is 0 Å². The fourth-order valence-corrected chi connectivity index (χ4v) is 5.01. The number of fused-ring (bicyclic) bond motifs is 2. The minimum Gasteiger partial charge on any atom is -0.338 e. The molecule has 1 atom stereocenters. The first kappa shape index (κ1) is 18.4. The second kappa shape index (κ2) is 8.00. The van der Waals surface area contributed by atoms with Crippen molar-refractivity contribution in [3.05, 3.63) is 83.4 Å². The molecule has 0 radical (unpaired) electrons. The van der Waals surface area contributed by atoms with E-state index >= 15 is 0 Å². The highest BCUT2D eigenvalue weighted by molar-refractivity contribution is 5.85. The third-order valence-corrected chi connectivity index (χ3v) is 6.57. The maximum absolute atomic E-state index is 13.3. The van der Waals surface area contributed by atoms with Gasteiger partial charge in [-0.2, -0.15) is 0 Å². The number of amides is 1. The van der Waals surface area contributed by atoms with E-state index in [1.165, 1.54) is 27.5 Å². The summed E-state index contributed by atoms with van der Waals surface area (Å²) < 4.78 is 0. The smallest absolute Gasteiger partial charge is 0.227 e. The molecule has 1 saturated heterocycles. The number of piperidine rings is 1. The molecule has 0 bridgehead atoms. The summed E-state index contributed by atoms with van der Waals surface area (Å²) >= 11 is 0. The molecule has 3 heteroatoms. The Morgan fingerprint density at radius 3 is 2.62 bits per heavy atom. The van der Waals surface area contributed by atoms with Crippen LogP contribution in [0.25, 0.3) is 10.8 Å². The molecular weight excluding hydrogens is 356 g/mol. The quantitative estimate of drug-likeness (QED) is 0.657. The van der Waals surface area contributed by atoms with E-state index in [2.05, 4.69) is 76.5 Å². The largest absolute Gasteiger partial charge is 0.338 e. The predicted molar refractivity (Wildman–Crippen MR) is 118 cm³/mol. The van der Waals surface area contributed by atoms with E-state index in [1.807, 2.05) is 0 Å². The number of carbonyl (C=O) groups is 1. The van der Waals surface area contributed by atoms with Gasteiger partial charge in [0.05, 0.1) is 5.92 Å². The van der Waals surface area contributed by atoms with Crippen molar-refractivity contribution in [1.29, 1.82) is 0 Å². The van der Waals surface area contributed by atoms with Crippen molar-refractivity contribution in [2.45, 2.75) is 32.4 Å². The fraction of sp³-hybridized carbons (Fsp3) is 0.346. The van der Waals surface area contributed by atoms with Crippen LogP contribution < -0.4 is 0 Å². The molecule has 0 unspecified atom stereocenters. The highest BCUT2D eigenvalue weighted by Crippen LogP contribution is 2.26. The molecule has 0 N–H and O–H groups in total. The molecule has 5 rings (SSSR count). The summed E-state index contributed by atoms with van der Waals surface area (Å²) in [4.78, 5) is 17.8. The van der Waals surface area contributed by atoms with Gasteiger partial charge in [-0.3, -0.25) is 9.69 Å². The lowest BCUT2D eigenvalue weighted by molar-refractivity contribution is -0.138. The molecule has 1 amide bonds. The Morgan fingerprint density at radius 1 is 0.897 bits per heavy atom. The number of nitrogens with zero attached hydrogens (tertiary/aromatic N) is 2. The number of likely N-dealkylation sites (tertiary alicyclic amines) is 1. The Morgan fingerprint density at radius 2 is 1.69 bits per heavy atom. The molecule has 2 aliphatic rings. The van der Waals surface area contributed by atoms with Gasteiger partial charge in [-0.15, -0.1) is 0 Å². The van der Waals surface area contributed by atoms with Gasteiger partial charge in [0.15, 0.2) is 0 Å². The summed E-state index contributed by atoms with van der Waals surface area (Å²) in [6.07, 6.45) is 3.10. The highest BCUT2D eigenvalue weighted by atomic mass is 16.2. The van der Waals surface area contributed by atoms with Crippen LogP contribution in [0.3, 0.4) is 0 Å². The summed E-state index contributed by atoms with van der Waals surface area (Å²) in [5.74, 6) is 0.478. The van der Waals surface area contributed by atoms with Crippen LogP contribution >= 0.6 is 0 Å². The maximum Gasteiger partial charge on any atom is 0.227 e. The molecule has 0 spiro atoms. The van der Waals surface area contributed by atoms with E-state index in [1.54, 1.807) is 0 Å².